The van der Waals surface area contributed by atoms with Gasteiger partial charge in [0, 0.05) is 19.6 Å². The van der Waals surface area contributed by atoms with Crippen molar-refractivity contribution in [1.82, 2.24) is 10.3 Å². The first-order chi connectivity index (χ1) is 12.7. The van der Waals surface area contributed by atoms with Gasteiger partial charge in [0.25, 0.3) is 10.1 Å². The normalized spacial score (nSPS) is 15.4. The number of nitrogens with zero attached hydrogens (tertiary/aromatic N) is 2. The standard InChI is InChI=1S/C16H19N3O2S.CH4O3S/c20-22(21,15-5-2-1-3-6-15)16-8-7-14(13-18-16)19-11-4-9-17-10-12-19;1-5(2,3)4/h1-3,5-8,13,17H,4,9-12H2;1H3,(H,2,3,4). The van der Waals surface area contributed by atoms with Gasteiger partial charge in [-0.25, -0.2) is 13.4 Å². The van der Waals surface area contributed by atoms with Crippen LogP contribution in [0.3, 0.4) is 0 Å². The lowest BCUT2D eigenvalue weighted by Gasteiger charge is -2.21. The van der Waals surface area contributed by atoms with E-state index >= 15 is 0 Å². The number of anilines is 1. The van der Waals surface area contributed by atoms with Crippen LogP contribution in [-0.2, 0) is 20.0 Å². The maximum atomic E-state index is 12.5. The van der Waals surface area contributed by atoms with Crippen molar-refractivity contribution in [1.29, 1.82) is 0 Å². The summed E-state index contributed by atoms with van der Waals surface area (Å²) in [5.41, 5.74) is 0.968. The molecular formula is C17H23N3O5S2. The average molecular weight is 414 g/mol. The second-order valence-electron chi connectivity index (χ2n) is 5.99. The lowest BCUT2D eigenvalue weighted by atomic mass is 10.3. The zero-order valence-electron chi connectivity index (χ0n) is 14.9. The number of rotatable bonds is 3. The van der Waals surface area contributed by atoms with E-state index < -0.39 is 20.0 Å². The number of hydrogen-bond donors (Lipinski definition) is 2. The highest BCUT2D eigenvalue weighted by Gasteiger charge is 2.19. The van der Waals surface area contributed by atoms with Gasteiger partial charge in [0.1, 0.15) is 0 Å². The third kappa shape index (κ3) is 6.90. The first-order valence-corrected chi connectivity index (χ1v) is 11.7. The Kier molecular flexibility index (Phi) is 7.31. The lowest BCUT2D eigenvalue weighted by Crippen LogP contribution is -2.27. The van der Waals surface area contributed by atoms with E-state index in [0.29, 0.717) is 6.26 Å². The summed E-state index contributed by atoms with van der Waals surface area (Å²) in [6, 6.07) is 11.8. The average Bonchev–Trinajstić information content (AvgIpc) is 2.91. The first-order valence-electron chi connectivity index (χ1n) is 8.32. The molecule has 8 nitrogen and oxygen atoms in total. The third-order valence-corrected chi connectivity index (χ3v) is 5.44. The van der Waals surface area contributed by atoms with E-state index in [-0.39, 0.29) is 9.92 Å². The highest BCUT2D eigenvalue weighted by Crippen LogP contribution is 2.21. The van der Waals surface area contributed by atoms with E-state index in [9.17, 15) is 16.8 Å². The maximum Gasteiger partial charge on any atom is 0.261 e. The topological polar surface area (TPSA) is 117 Å². The number of sulfone groups is 1. The molecule has 1 saturated heterocycles. The van der Waals surface area contributed by atoms with Crippen molar-refractivity contribution in [2.24, 2.45) is 0 Å². The van der Waals surface area contributed by atoms with Crippen LogP contribution in [0.15, 0.2) is 58.6 Å². The van der Waals surface area contributed by atoms with Crippen molar-refractivity contribution >= 4 is 25.6 Å². The molecule has 0 unspecified atom stereocenters. The minimum atomic E-state index is -3.67. The molecule has 0 bridgehead atoms. The second-order valence-corrected chi connectivity index (χ2v) is 9.36. The number of aromatic nitrogens is 1. The highest BCUT2D eigenvalue weighted by atomic mass is 32.2. The molecule has 0 spiro atoms. The quantitative estimate of drug-likeness (QED) is 0.722. The van der Waals surface area contributed by atoms with Gasteiger partial charge in [0.2, 0.25) is 9.84 Å². The van der Waals surface area contributed by atoms with Crippen LogP contribution in [0.5, 0.6) is 0 Å². The summed E-state index contributed by atoms with van der Waals surface area (Å²) in [7, 11) is -7.20. The second kappa shape index (κ2) is 9.27. The Hall–Kier alpha value is -2.01. The van der Waals surface area contributed by atoms with Crippen molar-refractivity contribution in [2.45, 2.75) is 16.3 Å². The Balaban J connectivity index is 0.000000465. The fourth-order valence-electron chi connectivity index (χ4n) is 2.54. The summed E-state index contributed by atoms with van der Waals surface area (Å²) in [5.74, 6) is 0. The molecule has 3 rings (SSSR count). The molecule has 1 aliphatic rings. The summed E-state index contributed by atoms with van der Waals surface area (Å²) in [5, 5.41) is 3.44. The molecule has 27 heavy (non-hydrogen) atoms. The Morgan fingerprint density at radius 3 is 2.26 bits per heavy atom. The summed E-state index contributed by atoms with van der Waals surface area (Å²) in [6.45, 7) is 3.82. The fraction of sp³-hybridized carbons (Fsp3) is 0.353. The zero-order valence-corrected chi connectivity index (χ0v) is 16.6. The Labute approximate surface area is 159 Å². The van der Waals surface area contributed by atoms with E-state index in [2.05, 4.69) is 15.2 Å². The fourth-order valence-corrected chi connectivity index (χ4v) is 3.74. The van der Waals surface area contributed by atoms with Gasteiger partial charge in [-0.3, -0.25) is 4.55 Å². The van der Waals surface area contributed by atoms with Gasteiger partial charge in [-0.05, 0) is 37.2 Å². The van der Waals surface area contributed by atoms with Gasteiger partial charge in [-0.2, -0.15) is 8.42 Å². The van der Waals surface area contributed by atoms with Crippen molar-refractivity contribution in [3.63, 3.8) is 0 Å². The predicted molar refractivity (Wildman–Crippen MR) is 103 cm³/mol. The van der Waals surface area contributed by atoms with Crippen LogP contribution in [0, 0.1) is 0 Å². The van der Waals surface area contributed by atoms with E-state index in [1.807, 2.05) is 6.07 Å². The summed E-state index contributed by atoms with van der Waals surface area (Å²) in [6.07, 6.45) is 3.44. The minimum Gasteiger partial charge on any atom is -0.369 e. The molecule has 10 heteroatoms. The smallest absolute Gasteiger partial charge is 0.261 e. The zero-order chi connectivity index (χ0) is 19.9. The SMILES string of the molecule is CS(=O)(=O)O.O=S(=O)(c1ccccc1)c1ccc(N2CCCNCC2)cn1. The van der Waals surface area contributed by atoms with Crippen LogP contribution in [0.2, 0.25) is 0 Å². The number of pyridine rings is 1. The predicted octanol–water partition coefficient (Wildman–Crippen LogP) is 1.22. The Morgan fingerprint density at radius 1 is 1.00 bits per heavy atom. The molecule has 2 heterocycles. The highest BCUT2D eigenvalue weighted by molar-refractivity contribution is 7.91. The van der Waals surface area contributed by atoms with Gasteiger partial charge in [-0.15, -0.1) is 0 Å². The molecule has 0 saturated carbocycles. The van der Waals surface area contributed by atoms with Crippen LogP contribution in [0.25, 0.3) is 0 Å². The molecular weight excluding hydrogens is 390 g/mol. The van der Waals surface area contributed by atoms with Crippen LogP contribution >= 0.6 is 0 Å². The van der Waals surface area contributed by atoms with Crippen molar-refractivity contribution in [3.05, 3.63) is 48.7 Å². The molecule has 0 radical (unpaired) electrons. The lowest BCUT2D eigenvalue weighted by molar-refractivity contribution is 0.490. The molecule has 2 aromatic rings. The van der Waals surface area contributed by atoms with Gasteiger partial charge >= 0.3 is 0 Å². The monoisotopic (exact) mass is 413 g/mol. The van der Waals surface area contributed by atoms with E-state index in [1.165, 1.54) is 0 Å². The minimum absolute atomic E-state index is 0.0930. The van der Waals surface area contributed by atoms with Crippen molar-refractivity contribution in [3.8, 4) is 0 Å². The number of benzene rings is 1. The number of hydrogen-bond acceptors (Lipinski definition) is 7. The number of nitrogens with one attached hydrogen (secondary N) is 1. The summed E-state index contributed by atoms with van der Waals surface area (Å²) in [4.78, 5) is 6.68. The maximum absolute atomic E-state index is 12.5. The third-order valence-electron chi connectivity index (χ3n) is 3.75. The molecule has 148 valence electrons. The van der Waals surface area contributed by atoms with Crippen LogP contribution in [-0.4, -0.2) is 58.8 Å². The van der Waals surface area contributed by atoms with Gasteiger partial charge in [0.05, 0.1) is 23.0 Å². The van der Waals surface area contributed by atoms with E-state index in [1.54, 1.807) is 42.6 Å². The summed E-state index contributed by atoms with van der Waals surface area (Å²) < 4.78 is 50.8. The first kappa shape index (κ1) is 21.3. The van der Waals surface area contributed by atoms with Gasteiger partial charge in [-0.1, -0.05) is 18.2 Å². The van der Waals surface area contributed by atoms with Crippen LogP contribution < -0.4 is 10.2 Å². The molecule has 0 amide bonds. The van der Waals surface area contributed by atoms with E-state index in [0.717, 1.165) is 38.3 Å². The molecule has 0 atom stereocenters. The van der Waals surface area contributed by atoms with E-state index in [4.69, 9.17) is 4.55 Å². The van der Waals surface area contributed by atoms with Gasteiger partial charge in [0.15, 0.2) is 5.03 Å². The Morgan fingerprint density at radius 2 is 1.67 bits per heavy atom. The molecule has 1 aromatic carbocycles. The molecule has 0 aliphatic carbocycles. The van der Waals surface area contributed by atoms with Crippen molar-refractivity contribution in [2.75, 3.05) is 37.3 Å². The molecule has 2 N–H and O–H groups in total. The van der Waals surface area contributed by atoms with Crippen molar-refractivity contribution < 1.29 is 21.4 Å². The van der Waals surface area contributed by atoms with Crippen LogP contribution in [0.4, 0.5) is 5.69 Å². The molecule has 1 fully saturated rings. The van der Waals surface area contributed by atoms with Gasteiger partial charge < -0.3 is 10.2 Å². The molecule has 1 aromatic heterocycles. The van der Waals surface area contributed by atoms with Crippen LogP contribution in [0.1, 0.15) is 6.42 Å². The summed E-state index contributed by atoms with van der Waals surface area (Å²) >= 11 is 0. The largest absolute Gasteiger partial charge is 0.369 e. The molecule has 1 aliphatic heterocycles. The Bertz CT molecular complexity index is 914.